The summed E-state index contributed by atoms with van der Waals surface area (Å²) in [6, 6.07) is 3.71. The molecule has 8 nitrogen and oxygen atoms in total. The van der Waals surface area contributed by atoms with Gasteiger partial charge in [-0.05, 0) is 64.0 Å². The van der Waals surface area contributed by atoms with Crippen molar-refractivity contribution in [2.45, 2.75) is 65.3 Å². The van der Waals surface area contributed by atoms with Crippen molar-refractivity contribution in [3.05, 3.63) is 35.1 Å². The molecule has 2 amide bonds. The summed E-state index contributed by atoms with van der Waals surface area (Å²) in [6.07, 6.45) is 3.90. The number of amides is 2. The Hall–Kier alpha value is -2.97. The molecule has 3 rings (SSSR count). The minimum absolute atomic E-state index is 0.0687. The van der Waals surface area contributed by atoms with E-state index in [2.05, 4.69) is 5.32 Å². The molecule has 2 aliphatic rings. The first-order chi connectivity index (χ1) is 16.5. The summed E-state index contributed by atoms with van der Waals surface area (Å²) in [5, 5.41) is 20.2. The average Bonchev–Trinajstić information content (AvgIpc) is 3.36. The van der Waals surface area contributed by atoms with Crippen LogP contribution in [0.15, 0.2) is 18.2 Å². The quantitative estimate of drug-likeness (QED) is 0.383. The smallest absolute Gasteiger partial charge is 0.303 e. The van der Waals surface area contributed by atoms with E-state index in [0.29, 0.717) is 37.9 Å². The third-order valence-electron chi connectivity index (χ3n) is 7.41. The van der Waals surface area contributed by atoms with Crippen molar-refractivity contribution in [3.8, 4) is 0 Å². The van der Waals surface area contributed by atoms with Crippen molar-refractivity contribution in [1.29, 1.82) is 5.41 Å². The Bertz CT molecular complexity index is 966. The molecule has 2 aliphatic heterocycles. The fourth-order valence-corrected chi connectivity index (χ4v) is 5.14. The minimum Gasteiger partial charge on any atom is -0.481 e. The molecule has 35 heavy (non-hydrogen) atoms. The molecule has 192 valence electrons. The maximum atomic E-state index is 14.9. The molecule has 0 spiro atoms. The van der Waals surface area contributed by atoms with Crippen LogP contribution in [0.25, 0.3) is 0 Å². The van der Waals surface area contributed by atoms with Gasteiger partial charge in [-0.2, -0.15) is 0 Å². The lowest BCUT2D eigenvalue weighted by Crippen LogP contribution is -2.54. The first-order valence-electron chi connectivity index (χ1n) is 12.5. The third kappa shape index (κ3) is 6.18. The highest BCUT2D eigenvalue weighted by Gasteiger charge is 2.41. The average molecular weight is 489 g/mol. The highest BCUT2D eigenvalue weighted by atomic mass is 19.1. The van der Waals surface area contributed by atoms with E-state index in [-0.39, 0.29) is 29.6 Å². The van der Waals surface area contributed by atoms with Crippen molar-refractivity contribution in [3.63, 3.8) is 0 Å². The number of rotatable bonds is 8. The van der Waals surface area contributed by atoms with Crippen LogP contribution in [-0.2, 0) is 9.59 Å². The predicted molar refractivity (Wildman–Crippen MR) is 131 cm³/mol. The molecule has 2 fully saturated rings. The molecule has 1 aromatic rings. The third-order valence-corrected chi connectivity index (χ3v) is 7.41. The molecule has 0 radical (unpaired) electrons. The van der Waals surface area contributed by atoms with E-state index in [0.717, 1.165) is 25.9 Å². The van der Waals surface area contributed by atoms with Gasteiger partial charge in [-0.25, -0.2) is 4.39 Å². The fraction of sp³-hybridized carbons (Fsp3) is 0.615. The summed E-state index contributed by atoms with van der Waals surface area (Å²) >= 11 is 0. The van der Waals surface area contributed by atoms with E-state index in [1.54, 1.807) is 24.8 Å². The number of carboxylic acids is 1. The summed E-state index contributed by atoms with van der Waals surface area (Å²) in [6.45, 7) is 7.97. The number of halogens is 1. The normalized spacial score (nSPS) is 17.8. The van der Waals surface area contributed by atoms with Crippen LogP contribution < -0.4 is 5.32 Å². The second kappa shape index (κ2) is 11.2. The van der Waals surface area contributed by atoms with E-state index in [1.807, 2.05) is 11.8 Å². The fourth-order valence-electron chi connectivity index (χ4n) is 5.14. The number of amidine groups is 1. The number of benzene rings is 1. The van der Waals surface area contributed by atoms with Crippen LogP contribution in [0.5, 0.6) is 0 Å². The Morgan fingerprint density at radius 1 is 1.14 bits per heavy atom. The summed E-state index contributed by atoms with van der Waals surface area (Å²) in [4.78, 5) is 40.9. The molecule has 0 aliphatic carbocycles. The van der Waals surface area contributed by atoms with Gasteiger partial charge in [-0.1, -0.05) is 13.0 Å². The van der Waals surface area contributed by atoms with Gasteiger partial charge in [0.15, 0.2) is 0 Å². The van der Waals surface area contributed by atoms with Crippen molar-refractivity contribution in [2.75, 3.05) is 26.2 Å². The summed E-state index contributed by atoms with van der Waals surface area (Å²) in [7, 11) is 0. The Kier molecular flexibility index (Phi) is 8.51. The molecular weight excluding hydrogens is 451 g/mol. The van der Waals surface area contributed by atoms with Crippen LogP contribution in [0.2, 0.25) is 0 Å². The van der Waals surface area contributed by atoms with Gasteiger partial charge in [0, 0.05) is 44.2 Å². The highest BCUT2D eigenvalue weighted by molar-refractivity contribution is 5.99. The largest absolute Gasteiger partial charge is 0.481 e. The van der Waals surface area contributed by atoms with Crippen LogP contribution >= 0.6 is 0 Å². The monoisotopic (exact) mass is 488 g/mol. The van der Waals surface area contributed by atoms with Gasteiger partial charge in [0.1, 0.15) is 11.7 Å². The number of hydrogen-bond acceptors (Lipinski definition) is 4. The maximum Gasteiger partial charge on any atom is 0.303 e. The van der Waals surface area contributed by atoms with E-state index >= 15 is 0 Å². The van der Waals surface area contributed by atoms with Gasteiger partial charge in [0.05, 0.1) is 11.0 Å². The lowest BCUT2D eigenvalue weighted by atomic mass is 9.80. The minimum atomic E-state index is -0.918. The van der Waals surface area contributed by atoms with E-state index in [1.165, 1.54) is 12.1 Å². The topological polar surface area (TPSA) is 114 Å². The number of nitrogens with one attached hydrogen (secondary N) is 2. The molecule has 9 heteroatoms. The molecule has 1 atom stereocenters. The first-order valence-corrected chi connectivity index (χ1v) is 12.5. The van der Waals surface area contributed by atoms with Crippen LogP contribution in [0.3, 0.4) is 0 Å². The number of hydrogen-bond donors (Lipinski definition) is 3. The summed E-state index contributed by atoms with van der Waals surface area (Å²) < 4.78 is 14.9. The van der Waals surface area contributed by atoms with Gasteiger partial charge >= 0.3 is 5.97 Å². The zero-order chi connectivity index (χ0) is 25.8. The van der Waals surface area contributed by atoms with E-state index < -0.39 is 29.2 Å². The van der Waals surface area contributed by atoms with Crippen molar-refractivity contribution >= 4 is 23.6 Å². The summed E-state index contributed by atoms with van der Waals surface area (Å²) in [5.74, 6) is -1.87. The van der Waals surface area contributed by atoms with Crippen LogP contribution in [0.1, 0.15) is 75.2 Å². The van der Waals surface area contributed by atoms with E-state index in [4.69, 9.17) is 10.5 Å². The predicted octanol–water partition coefficient (Wildman–Crippen LogP) is 3.49. The standard InChI is InChI=1S/C26H37FN4O4/c1-4-21(26(2,3)25(35)31-13-9-17(10-14-31)15-22(32)33)29-24(34)19-8-7-18(16-20(19)27)23(28)30-11-5-6-12-30/h7-8,16-17,21,28H,4-6,9-15H2,1-3H3,(H,29,34)(H,32,33)/t21-/m1/s1. The number of carbonyl (C=O) groups excluding carboxylic acids is 2. The highest BCUT2D eigenvalue weighted by Crippen LogP contribution is 2.30. The number of carboxylic acid groups (broad SMARTS) is 1. The number of aliphatic carboxylic acids is 1. The molecule has 0 saturated carbocycles. The van der Waals surface area contributed by atoms with Crippen molar-refractivity contribution < 1.29 is 23.9 Å². The second-order valence-electron chi connectivity index (χ2n) is 10.2. The number of carbonyl (C=O) groups is 3. The molecule has 1 aromatic carbocycles. The molecular formula is C26H37FN4O4. The zero-order valence-electron chi connectivity index (χ0n) is 20.9. The molecule has 2 heterocycles. The molecule has 0 aromatic heterocycles. The van der Waals surface area contributed by atoms with Gasteiger partial charge < -0.3 is 20.2 Å². The van der Waals surface area contributed by atoms with Crippen molar-refractivity contribution in [1.82, 2.24) is 15.1 Å². The second-order valence-corrected chi connectivity index (χ2v) is 10.2. The van der Waals surface area contributed by atoms with Crippen LogP contribution in [0, 0.1) is 22.6 Å². The molecule has 0 unspecified atom stereocenters. The van der Waals surface area contributed by atoms with Crippen molar-refractivity contribution in [2.24, 2.45) is 11.3 Å². The summed E-state index contributed by atoms with van der Waals surface area (Å²) in [5.41, 5.74) is -0.591. The van der Waals surface area contributed by atoms with Crippen LogP contribution in [0.4, 0.5) is 4.39 Å². The molecule has 3 N–H and O–H groups in total. The number of piperidine rings is 1. The van der Waals surface area contributed by atoms with E-state index in [9.17, 15) is 18.8 Å². The maximum absolute atomic E-state index is 14.9. The van der Waals surface area contributed by atoms with Gasteiger partial charge in [-0.3, -0.25) is 19.8 Å². The lowest BCUT2D eigenvalue weighted by molar-refractivity contribution is -0.143. The van der Waals surface area contributed by atoms with Gasteiger partial charge in [-0.15, -0.1) is 0 Å². The number of likely N-dealkylation sites (tertiary alicyclic amines) is 2. The Morgan fingerprint density at radius 2 is 1.77 bits per heavy atom. The van der Waals surface area contributed by atoms with Gasteiger partial charge in [0.2, 0.25) is 5.91 Å². The SMILES string of the molecule is CC[C@@H](NC(=O)c1ccc(C(=N)N2CCCC2)cc1F)C(C)(C)C(=O)N1CCC(CC(=O)O)CC1. The first kappa shape index (κ1) is 26.6. The van der Waals surface area contributed by atoms with Gasteiger partial charge in [0.25, 0.3) is 5.91 Å². The molecule has 0 bridgehead atoms. The Morgan fingerprint density at radius 3 is 2.31 bits per heavy atom. The Labute approximate surface area is 206 Å². The Balaban J connectivity index is 1.65. The lowest BCUT2D eigenvalue weighted by Gasteiger charge is -2.40. The molecule has 2 saturated heterocycles. The zero-order valence-corrected chi connectivity index (χ0v) is 20.9. The van der Waals surface area contributed by atoms with Crippen LogP contribution in [-0.4, -0.2) is 70.7 Å². The number of nitrogens with zero attached hydrogens (tertiary/aromatic N) is 2.